The number of hydrogen-bond donors (Lipinski definition) is 1. The molecule has 0 heterocycles. The van der Waals surface area contributed by atoms with Gasteiger partial charge in [0.25, 0.3) is 0 Å². The summed E-state index contributed by atoms with van der Waals surface area (Å²) in [5, 5.41) is 0. The molecule has 0 aliphatic heterocycles. The van der Waals surface area contributed by atoms with Crippen molar-refractivity contribution in [2.24, 2.45) is 5.73 Å². The number of hydrogen-bond acceptors (Lipinski definition) is 4. The maximum Gasteiger partial charge on any atom is 0.162 e. The molecular weight excluding hydrogens is 216 g/mol. The molecule has 0 saturated heterocycles. The summed E-state index contributed by atoms with van der Waals surface area (Å²) < 4.78 is 10.5. The van der Waals surface area contributed by atoms with E-state index in [9.17, 15) is 0 Å². The molecular formula is C13H22N2O2. The Labute approximate surface area is 103 Å². The van der Waals surface area contributed by atoms with Crippen LogP contribution < -0.4 is 20.1 Å². The average Bonchev–Trinajstić information content (AvgIpc) is 2.36. The molecule has 0 atom stereocenters. The van der Waals surface area contributed by atoms with Gasteiger partial charge in [-0.1, -0.05) is 0 Å². The van der Waals surface area contributed by atoms with Crippen molar-refractivity contribution < 1.29 is 9.47 Å². The highest BCUT2D eigenvalue weighted by molar-refractivity contribution is 5.57. The van der Waals surface area contributed by atoms with E-state index in [1.165, 1.54) is 0 Å². The van der Waals surface area contributed by atoms with Crippen LogP contribution in [0.25, 0.3) is 0 Å². The summed E-state index contributed by atoms with van der Waals surface area (Å²) in [5.41, 5.74) is 6.73. The van der Waals surface area contributed by atoms with Gasteiger partial charge in [-0.05, 0) is 26.0 Å². The molecule has 0 fully saturated rings. The summed E-state index contributed by atoms with van der Waals surface area (Å²) in [7, 11) is 5.29. The Morgan fingerprint density at radius 3 is 2.24 bits per heavy atom. The van der Waals surface area contributed by atoms with E-state index in [1.54, 1.807) is 14.2 Å². The van der Waals surface area contributed by atoms with Crippen LogP contribution in [0.4, 0.5) is 5.69 Å². The first-order chi connectivity index (χ1) is 7.96. The molecule has 0 aromatic heterocycles. The van der Waals surface area contributed by atoms with Crippen LogP contribution in [0.15, 0.2) is 18.2 Å². The standard InChI is InChI=1S/C13H22N2O2/c1-13(2,9-14)15(3)10-6-7-11(16-4)12(8-10)17-5/h6-8H,9,14H2,1-5H3. The fraction of sp³-hybridized carbons (Fsp3) is 0.538. The third kappa shape index (κ3) is 2.82. The van der Waals surface area contributed by atoms with Gasteiger partial charge in [0, 0.05) is 30.9 Å². The Kier molecular flexibility index (Phi) is 4.23. The van der Waals surface area contributed by atoms with Crippen molar-refractivity contribution in [2.45, 2.75) is 19.4 Å². The number of ether oxygens (including phenoxy) is 2. The fourth-order valence-electron chi connectivity index (χ4n) is 1.52. The van der Waals surface area contributed by atoms with Crippen LogP contribution >= 0.6 is 0 Å². The number of nitrogens with zero attached hydrogens (tertiary/aromatic N) is 1. The van der Waals surface area contributed by atoms with Crippen molar-refractivity contribution in [3.05, 3.63) is 18.2 Å². The molecule has 0 saturated carbocycles. The highest BCUT2D eigenvalue weighted by Crippen LogP contribution is 2.33. The SMILES string of the molecule is COc1ccc(N(C)C(C)(C)CN)cc1OC. The number of likely N-dealkylation sites (N-methyl/N-ethyl adjacent to an activating group) is 1. The van der Waals surface area contributed by atoms with E-state index in [-0.39, 0.29) is 5.54 Å². The monoisotopic (exact) mass is 238 g/mol. The molecule has 0 unspecified atom stereocenters. The van der Waals surface area contributed by atoms with Gasteiger partial charge in [0.1, 0.15) is 0 Å². The van der Waals surface area contributed by atoms with Crippen LogP contribution in [-0.2, 0) is 0 Å². The van der Waals surface area contributed by atoms with Crippen LogP contribution in [0.5, 0.6) is 11.5 Å². The molecule has 0 radical (unpaired) electrons. The molecule has 1 aromatic rings. The average molecular weight is 238 g/mol. The molecule has 1 rings (SSSR count). The zero-order valence-electron chi connectivity index (χ0n) is 11.3. The highest BCUT2D eigenvalue weighted by Gasteiger charge is 2.22. The minimum absolute atomic E-state index is 0.0976. The predicted octanol–water partition coefficient (Wildman–Crippen LogP) is 1.88. The second-order valence-electron chi connectivity index (χ2n) is 4.61. The third-order valence-corrected chi connectivity index (χ3v) is 3.16. The topological polar surface area (TPSA) is 47.7 Å². The van der Waals surface area contributed by atoms with E-state index in [0.29, 0.717) is 6.54 Å². The summed E-state index contributed by atoms with van der Waals surface area (Å²) in [6.07, 6.45) is 0. The molecule has 96 valence electrons. The molecule has 17 heavy (non-hydrogen) atoms. The van der Waals surface area contributed by atoms with Crippen LogP contribution in [-0.4, -0.2) is 33.4 Å². The number of anilines is 1. The largest absolute Gasteiger partial charge is 0.493 e. The first-order valence-electron chi connectivity index (χ1n) is 5.62. The molecule has 0 amide bonds. The van der Waals surface area contributed by atoms with Gasteiger partial charge in [-0.15, -0.1) is 0 Å². The van der Waals surface area contributed by atoms with Crippen LogP contribution in [0.1, 0.15) is 13.8 Å². The van der Waals surface area contributed by atoms with Gasteiger partial charge < -0.3 is 20.1 Å². The minimum atomic E-state index is -0.0976. The third-order valence-electron chi connectivity index (χ3n) is 3.16. The van der Waals surface area contributed by atoms with Crippen molar-refractivity contribution in [1.82, 2.24) is 0 Å². The zero-order chi connectivity index (χ0) is 13.1. The smallest absolute Gasteiger partial charge is 0.162 e. The van der Waals surface area contributed by atoms with Crippen LogP contribution in [0.3, 0.4) is 0 Å². The lowest BCUT2D eigenvalue weighted by Crippen LogP contribution is -2.47. The number of nitrogens with two attached hydrogens (primary N) is 1. The summed E-state index contributed by atoms with van der Waals surface area (Å²) in [5.74, 6) is 1.46. The van der Waals surface area contributed by atoms with E-state index in [0.717, 1.165) is 17.2 Å². The van der Waals surface area contributed by atoms with Gasteiger partial charge in [0.2, 0.25) is 0 Å². The Morgan fingerprint density at radius 2 is 1.76 bits per heavy atom. The van der Waals surface area contributed by atoms with E-state index < -0.39 is 0 Å². The molecule has 0 aliphatic carbocycles. The number of rotatable bonds is 5. The van der Waals surface area contributed by atoms with E-state index >= 15 is 0 Å². The normalized spacial score (nSPS) is 11.2. The summed E-state index contributed by atoms with van der Waals surface area (Å²) >= 11 is 0. The van der Waals surface area contributed by atoms with Crippen molar-refractivity contribution in [1.29, 1.82) is 0 Å². The zero-order valence-corrected chi connectivity index (χ0v) is 11.3. The van der Waals surface area contributed by atoms with Crippen molar-refractivity contribution >= 4 is 5.69 Å². The van der Waals surface area contributed by atoms with Gasteiger partial charge in [0.05, 0.1) is 14.2 Å². The summed E-state index contributed by atoms with van der Waals surface area (Å²) in [6.45, 7) is 4.78. The van der Waals surface area contributed by atoms with Gasteiger partial charge in [-0.2, -0.15) is 0 Å². The first kappa shape index (κ1) is 13.6. The quantitative estimate of drug-likeness (QED) is 0.851. The van der Waals surface area contributed by atoms with Crippen molar-refractivity contribution in [3.63, 3.8) is 0 Å². The van der Waals surface area contributed by atoms with Gasteiger partial charge in [-0.25, -0.2) is 0 Å². The van der Waals surface area contributed by atoms with Gasteiger partial charge in [0.15, 0.2) is 11.5 Å². The van der Waals surface area contributed by atoms with Crippen LogP contribution in [0, 0.1) is 0 Å². The maximum absolute atomic E-state index is 5.77. The first-order valence-corrected chi connectivity index (χ1v) is 5.62. The Balaban J connectivity index is 3.07. The van der Waals surface area contributed by atoms with Gasteiger partial charge in [-0.3, -0.25) is 0 Å². The minimum Gasteiger partial charge on any atom is -0.493 e. The van der Waals surface area contributed by atoms with Gasteiger partial charge >= 0.3 is 0 Å². The Bertz CT molecular complexity index is 378. The van der Waals surface area contributed by atoms with Crippen molar-refractivity contribution in [3.8, 4) is 11.5 Å². The summed E-state index contributed by atoms with van der Waals surface area (Å²) in [6, 6.07) is 5.85. The number of benzene rings is 1. The Morgan fingerprint density at radius 1 is 1.18 bits per heavy atom. The van der Waals surface area contributed by atoms with Crippen molar-refractivity contribution in [2.75, 3.05) is 32.7 Å². The predicted molar refractivity (Wildman–Crippen MR) is 71.1 cm³/mol. The molecule has 0 bridgehead atoms. The molecule has 4 heteroatoms. The fourth-order valence-corrected chi connectivity index (χ4v) is 1.52. The molecule has 0 aliphatic rings. The Hall–Kier alpha value is -1.42. The number of methoxy groups -OCH3 is 2. The maximum atomic E-state index is 5.77. The second-order valence-corrected chi connectivity index (χ2v) is 4.61. The molecule has 4 nitrogen and oxygen atoms in total. The highest BCUT2D eigenvalue weighted by atomic mass is 16.5. The lowest BCUT2D eigenvalue weighted by atomic mass is 10.0. The molecule has 1 aromatic carbocycles. The van der Waals surface area contributed by atoms with E-state index in [1.807, 2.05) is 25.2 Å². The summed E-state index contributed by atoms with van der Waals surface area (Å²) in [4.78, 5) is 2.13. The molecule has 2 N–H and O–H groups in total. The lowest BCUT2D eigenvalue weighted by Gasteiger charge is -2.36. The van der Waals surface area contributed by atoms with E-state index in [2.05, 4.69) is 18.7 Å². The van der Waals surface area contributed by atoms with Crippen LogP contribution in [0.2, 0.25) is 0 Å². The van der Waals surface area contributed by atoms with E-state index in [4.69, 9.17) is 15.2 Å². The second kappa shape index (κ2) is 5.27. The molecule has 0 spiro atoms. The lowest BCUT2D eigenvalue weighted by molar-refractivity contribution is 0.354.